The van der Waals surface area contributed by atoms with Gasteiger partial charge in [0, 0.05) is 24.3 Å². The lowest BCUT2D eigenvalue weighted by molar-refractivity contribution is 0.0605. The molecule has 0 aromatic heterocycles. The molecule has 2 rings (SSSR count). The summed E-state index contributed by atoms with van der Waals surface area (Å²) in [5.41, 5.74) is 6.95. The molecule has 1 aliphatic heterocycles. The number of benzene rings is 1. The van der Waals surface area contributed by atoms with Crippen LogP contribution in [0.25, 0.3) is 0 Å². The fraction of sp³-hybridized carbons (Fsp3) is 0.533. The maximum absolute atomic E-state index is 12.7. The fourth-order valence-electron chi connectivity index (χ4n) is 2.73. The van der Waals surface area contributed by atoms with E-state index >= 15 is 0 Å². The first-order valence-electron chi connectivity index (χ1n) is 6.91. The van der Waals surface area contributed by atoms with E-state index < -0.39 is 0 Å². The molecule has 0 spiro atoms. The highest BCUT2D eigenvalue weighted by Gasteiger charge is 2.27. The van der Waals surface area contributed by atoms with Gasteiger partial charge < -0.3 is 15.4 Å². The molecule has 4 heteroatoms. The zero-order valence-corrected chi connectivity index (χ0v) is 11.7. The van der Waals surface area contributed by atoms with Gasteiger partial charge >= 0.3 is 0 Å². The van der Waals surface area contributed by atoms with Crippen LogP contribution < -0.4 is 10.5 Å². The van der Waals surface area contributed by atoms with Crippen LogP contribution in [-0.4, -0.2) is 30.5 Å². The molecule has 0 aliphatic carbocycles. The Kier molecular flexibility index (Phi) is 4.30. The van der Waals surface area contributed by atoms with E-state index in [-0.39, 0.29) is 5.91 Å². The molecule has 1 atom stereocenters. The average molecular weight is 262 g/mol. The predicted octanol–water partition coefficient (Wildman–Crippen LogP) is 2.68. The van der Waals surface area contributed by atoms with Crippen molar-refractivity contribution in [3.8, 4) is 5.75 Å². The summed E-state index contributed by atoms with van der Waals surface area (Å²) in [5.74, 6) is 0.619. The largest absolute Gasteiger partial charge is 0.496 e. The van der Waals surface area contributed by atoms with Crippen LogP contribution in [0.4, 0.5) is 5.69 Å². The molecule has 0 saturated carbocycles. The van der Waals surface area contributed by atoms with Gasteiger partial charge in [-0.3, -0.25) is 4.79 Å². The summed E-state index contributed by atoms with van der Waals surface area (Å²) in [5, 5.41) is 0. The van der Waals surface area contributed by atoms with Crippen molar-refractivity contribution in [1.82, 2.24) is 4.90 Å². The van der Waals surface area contributed by atoms with Crippen LogP contribution in [0.5, 0.6) is 5.75 Å². The number of ether oxygens (including phenoxy) is 1. The molecule has 1 saturated heterocycles. The summed E-state index contributed by atoms with van der Waals surface area (Å²) in [6.07, 6.45) is 4.39. The summed E-state index contributed by atoms with van der Waals surface area (Å²) >= 11 is 0. The lowest BCUT2D eigenvalue weighted by atomic mass is 9.98. The molecule has 104 valence electrons. The SMILES string of the molecule is CCC1CCCCN1C(=O)c1ccc(N)cc1OC. The van der Waals surface area contributed by atoms with E-state index in [0.717, 1.165) is 25.8 Å². The molecule has 0 radical (unpaired) electrons. The van der Waals surface area contributed by atoms with Crippen LogP contribution in [0.3, 0.4) is 0 Å². The third-order valence-corrected chi connectivity index (χ3v) is 3.82. The van der Waals surface area contributed by atoms with Gasteiger partial charge in [0.25, 0.3) is 5.91 Å². The van der Waals surface area contributed by atoms with Crippen molar-refractivity contribution in [2.45, 2.75) is 38.6 Å². The molecule has 1 fully saturated rings. The second kappa shape index (κ2) is 5.95. The Labute approximate surface area is 114 Å². The first kappa shape index (κ1) is 13.7. The number of rotatable bonds is 3. The Morgan fingerprint density at radius 3 is 2.95 bits per heavy atom. The number of hydrogen-bond acceptors (Lipinski definition) is 3. The molecule has 1 aromatic rings. The fourth-order valence-corrected chi connectivity index (χ4v) is 2.73. The van der Waals surface area contributed by atoms with Gasteiger partial charge in [-0.25, -0.2) is 0 Å². The van der Waals surface area contributed by atoms with Crippen molar-refractivity contribution >= 4 is 11.6 Å². The standard InChI is InChI=1S/C15H22N2O2/c1-3-12-6-4-5-9-17(12)15(18)13-8-7-11(16)10-14(13)19-2/h7-8,10,12H,3-6,9,16H2,1-2H3. The molecule has 1 amide bonds. The number of nitrogen functional groups attached to an aromatic ring is 1. The number of nitrogens with two attached hydrogens (primary N) is 1. The van der Waals surface area contributed by atoms with Crippen LogP contribution in [0.1, 0.15) is 43.0 Å². The molecule has 2 N–H and O–H groups in total. The second-order valence-corrected chi connectivity index (χ2v) is 5.02. The lowest BCUT2D eigenvalue weighted by Crippen LogP contribution is -2.43. The number of carbonyl (C=O) groups excluding carboxylic acids is 1. The van der Waals surface area contributed by atoms with Crippen molar-refractivity contribution in [1.29, 1.82) is 0 Å². The summed E-state index contributed by atoms with van der Waals surface area (Å²) in [4.78, 5) is 14.6. The van der Waals surface area contributed by atoms with E-state index in [1.165, 1.54) is 6.42 Å². The Bertz CT molecular complexity index is 459. The number of anilines is 1. The van der Waals surface area contributed by atoms with E-state index in [2.05, 4.69) is 6.92 Å². The average Bonchev–Trinajstić information content (AvgIpc) is 2.46. The normalized spacial score (nSPS) is 19.3. The summed E-state index contributed by atoms with van der Waals surface area (Å²) in [6, 6.07) is 5.57. The number of likely N-dealkylation sites (tertiary alicyclic amines) is 1. The molecule has 1 aliphatic rings. The number of hydrogen-bond donors (Lipinski definition) is 1. The highest BCUT2D eigenvalue weighted by molar-refractivity contribution is 5.97. The molecule has 1 aromatic carbocycles. The topological polar surface area (TPSA) is 55.6 Å². The summed E-state index contributed by atoms with van der Waals surface area (Å²) in [6.45, 7) is 2.97. The van der Waals surface area contributed by atoms with Crippen LogP contribution >= 0.6 is 0 Å². The zero-order chi connectivity index (χ0) is 13.8. The highest BCUT2D eigenvalue weighted by Crippen LogP contribution is 2.27. The monoisotopic (exact) mass is 262 g/mol. The highest BCUT2D eigenvalue weighted by atomic mass is 16.5. The van der Waals surface area contributed by atoms with E-state index in [1.807, 2.05) is 4.90 Å². The first-order chi connectivity index (χ1) is 9.17. The molecule has 19 heavy (non-hydrogen) atoms. The third kappa shape index (κ3) is 2.83. The predicted molar refractivity (Wildman–Crippen MR) is 76.4 cm³/mol. The number of nitrogens with zero attached hydrogens (tertiary/aromatic N) is 1. The van der Waals surface area contributed by atoms with Crippen LogP contribution in [0.15, 0.2) is 18.2 Å². The van der Waals surface area contributed by atoms with Gasteiger partial charge in [0.2, 0.25) is 0 Å². The van der Waals surface area contributed by atoms with Crippen molar-refractivity contribution in [3.05, 3.63) is 23.8 Å². The Morgan fingerprint density at radius 1 is 1.47 bits per heavy atom. The van der Waals surface area contributed by atoms with Crippen LogP contribution in [0.2, 0.25) is 0 Å². The van der Waals surface area contributed by atoms with Gasteiger partial charge in [0.05, 0.1) is 12.7 Å². The Morgan fingerprint density at radius 2 is 2.26 bits per heavy atom. The van der Waals surface area contributed by atoms with E-state index in [1.54, 1.807) is 25.3 Å². The van der Waals surface area contributed by atoms with Gasteiger partial charge in [-0.1, -0.05) is 6.92 Å². The summed E-state index contributed by atoms with van der Waals surface area (Å²) in [7, 11) is 1.57. The third-order valence-electron chi connectivity index (χ3n) is 3.82. The molecule has 1 heterocycles. The van der Waals surface area contributed by atoms with Crippen molar-refractivity contribution in [2.24, 2.45) is 0 Å². The maximum atomic E-state index is 12.7. The smallest absolute Gasteiger partial charge is 0.257 e. The number of methoxy groups -OCH3 is 1. The molecular weight excluding hydrogens is 240 g/mol. The minimum absolute atomic E-state index is 0.0587. The van der Waals surface area contributed by atoms with E-state index in [9.17, 15) is 4.79 Å². The van der Waals surface area contributed by atoms with Crippen molar-refractivity contribution < 1.29 is 9.53 Å². The van der Waals surface area contributed by atoms with Crippen LogP contribution in [0, 0.1) is 0 Å². The van der Waals surface area contributed by atoms with Crippen LogP contribution in [-0.2, 0) is 0 Å². The van der Waals surface area contributed by atoms with Crippen molar-refractivity contribution in [2.75, 3.05) is 19.4 Å². The van der Waals surface area contributed by atoms with Crippen molar-refractivity contribution in [3.63, 3.8) is 0 Å². The quantitative estimate of drug-likeness (QED) is 0.852. The minimum Gasteiger partial charge on any atom is -0.496 e. The van der Waals surface area contributed by atoms with E-state index in [0.29, 0.717) is 23.0 Å². The first-order valence-corrected chi connectivity index (χ1v) is 6.91. The Hall–Kier alpha value is -1.71. The number of piperidine rings is 1. The maximum Gasteiger partial charge on any atom is 0.257 e. The van der Waals surface area contributed by atoms with Gasteiger partial charge in [0.1, 0.15) is 5.75 Å². The van der Waals surface area contributed by atoms with Gasteiger partial charge in [0.15, 0.2) is 0 Å². The van der Waals surface area contributed by atoms with Gasteiger partial charge in [-0.2, -0.15) is 0 Å². The zero-order valence-electron chi connectivity index (χ0n) is 11.7. The number of amides is 1. The Balaban J connectivity index is 2.27. The molecule has 4 nitrogen and oxygen atoms in total. The van der Waals surface area contributed by atoms with E-state index in [4.69, 9.17) is 10.5 Å². The summed E-state index contributed by atoms with van der Waals surface area (Å²) < 4.78 is 5.28. The minimum atomic E-state index is 0.0587. The lowest BCUT2D eigenvalue weighted by Gasteiger charge is -2.35. The molecule has 0 bridgehead atoms. The molecule has 1 unspecified atom stereocenters. The molecular formula is C15H22N2O2. The van der Waals surface area contributed by atoms with Gasteiger partial charge in [-0.05, 0) is 37.8 Å². The van der Waals surface area contributed by atoms with Gasteiger partial charge in [-0.15, -0.1) is 0 Å². The second-order valence-electron chi connectivity index (χ2n) is 5.02. The number of carbonyl (C=O) groups is 1.